The highest BCUT2D eigenvalue weighted by atomic mass is 16.5. The summed E-state index contributed by atoms with van der Waals surface area (Å²) < 4.78 is 4.56. The average Bonchev–Trinajstić information content (AvgIpc) is 2.77. The molecule has 2 heterocycles. The summed E-state index contributed by atoms with van der Waals surface area (Å²) in [5.74, 6) is 1.04. The van der Waals surface area contributed by atoms with Gasteiger partial charge in [0.1, 0.15) is 5.82 Å². The lowest BCUT2D eigenvalue weighted by atomic mass is 10.3. The van der Waals surface area contributed by atoms with Crippen LogP contribution in [0.5, 0.6) is 0 Å². The van der Waals surface area contributed by atoms with Gasteiger partial charge < -0.3 is 20.7 Å². The predicted octanol–water partition coefficient (Wildman–Crippen LogP) is -0.00650. The summed E-state index contributed by atoms with van der Waals surface area (Å²) in [5.41, 5.74) is 5.52. The number of anilines is 2. The Morgan fingerprint density at radius 3 is 3.24 bits per heavy atom. The van der Waals surface area contributed by atoms with Crippen molar-refractivity contribution in [3.8, 4) is 0 Å². The zero-order valence-electron chi connectivity index (χ0n) is 9.59. The minimum absolute atomic E-state index is 0.0821. The number of aromatic nitrogens is 2. The Morgan fingerprint density at radius 1 is 1.71 bits per heavy atom. The molecule has 1 atom stereocenters. The van der Waals surface area contributed by atoms with Crippen LogP contribution in [0.1, 0.15) is 6.42 Å². The predicted molar refractivity (Wildman–Crippen MR) is 62.6 cm³/mol. The number of alkyl carbamates (subject to hydrolysis) is 1. The number of carbonyl (C=O) groups excluding carboxylic acids is 1. The van der Waals surface area contributed by atoms with Gasteiger partial charge in [0.25, 0.3) is 0 Å². The van der Waals surface area contributed by atoms with E-state index in [0.717, 1.165) is 18.8 Å². The number of amides is 1. The van der Waals surface area contributed by atoms with Gasteiger partial charge in [-0.2, -0.15) is 4.98 Å². The first-order valence-corrected chi connectivity index (χ1v) is 5.37. The smallest absolute Gasteiger partial charge is 0.407 e. The van der Waals surface area contributed by atoms with Crippen LogP contribution in [0.15, 0.2) is 12.3 Å². The molecule has 1 aliphatic rings. The number of nitrogens with zero attached hydrogens (tertiary/aromatic N) is 3. The van der Waals surface area contributed by atoms with E-state index in [1.165, 1.54) is 7.11 Å². The van der Waals surface area contributed by atoms with Gasteiger partial charge in [-0.25, -0.2) is 9.78 Å². The van der Waals surface area contributed by atoms with Gasteiger partial charge in [-0.15, -0.1) is 0 Å². The number of hydrogen-bond donors (Lipinski definition) is 2. The third-order valence-corrected chi connectivity index (χ3v) is 2.68. The van der Waals surface area contributed by atoms with Crippen LogP contribution in [-0.2, 0) is 4.74 Å². The highest BCUT2D eigenvalue weighted by Gasteiger charge is 2.25. The van der Waals surface area contributed by atoms with Crippen LogP contribution in [0.3, 0.4) is 0 Å². The minimum Gasteiger partial charge on any atom is -0.453 e. The fraction of sp³-hybridized carbons (Fsp3) is 0.500. The second-order valence-electron chi connectivity index (χ2n) is 3.84. The molecule has 17 heavy (non-hydrogen) atoms. The van der Waals surface area contributed by atoms with E-state index in [-0.39, 0.29) is 12.0 Å². The van der Waals surface area contributed by atoms with Gasteiger partial charge >= 0.3 is 6.09 Å². The maximum Gasteiger partial charge on any atom is 0.407 e. The van der Waals surface area contributed by atoms with Gasteiger partial charge in [0, 0.05) is 19.3 Å². The number of carbonyl (C=O) groups is 1. The fourth-order valence-corrected chi connectivity index (χ4v) is 1.85. The Bertz CT molecular complexity index is 411. The molecule has 2 rings (SSSR count). The first-order valence-electron chi connectivity index (χ1n) is 5.37. The van der Waals surface area contributed by atoms with Crippen molar-refractivity contribution in [3.63, 3.8) is 0 Å². The van der Waals surface area contributed by atoms with Crippen molar-refractivity contribution in [1.82, 2.24) is 15.3 Å². The van der Waals surface area contributed by atoms with Crippen molar-refractivity contribution in [1.29, 1.82) is 0 Å². The van der Waals surface area contributed by atoms with E-state index < -0.39 is 6.09 Å². The van der Waals surface area contributed by atoms with Crippen LogP contribution in [0, 0.1) is 0 Å². The summed E-state index contributed by atoms with van der Waals surface area (Å²) in [6.07, 6.45) is 2.08. The monoisotopic (exact) mass is 237 g/mol. The third-order valence-electron chi connectivity index (χ3n) is 2.68. The number of methoxy groups -OCH3 is 1. The molecule has 1 aromatic rings. The number of nitrogens with two attached hydrogens (primary N) is 1. The van der Waals surface area contributed by atoms with Crippen molar-refractivity contribution < 1.29 is 9.53 Å². The molecule has 1 saturated heterocycles. The highest BCUT2D eigenvalue weighted by Crippen LogP contribution is 2.18. The molecule has 1 fully saturated rings. The normalized spacial score (nSPS) is 19.1. The Balaban J connectivity index is 1.96. The Hall–Kier alpha value is -2.05. The molecule has 0 radical (unpaired) electrons. The lowest BCUT2D eigenvalue weighted by Gasteiger charge is -2.17. The average molecular weight is 237 g/mol. The van der Waals surface area contributed by atoms with E-state index >= 15 is 0 Å². The van der Waals surface area contributed by atoms with E-state index in [0.29, 0.717) is 6.54 Å². The third kappa shape index (κ3) is 2.74. The lowest BCUT2D eigenvalue weighted by Crippen LogP contribution is -2.37. The van der Waals surface area contributed by atoms with E-state index in [4.69, 9.17) is 5.73 Å². The fourth-order valence-electron chi connectivity index (χ4n) is 1.85. The molecule has 0 spiro atoms. The summed E-state index contributed by atoms with van der Waals surface area (Å²) in [7, 11) is 1.35. The maximum absolute atomic E-state index is 11.1. The zero-order chi connectivity index (χ0) is 12.3. The second-order valence-corrected chi connectivity index (χ2v) is 3.84. The molecule has 0 aliphatic carbocycles. The zero-order valence-corrected chi connectivity index (χ0v) is 9.59. The van der Waals surface area contributed by atoms with E-state index in [9.17, 15) is 4.79 Å². The van der Waals surface area contributed by atoms with Crippen molar-refractivity contribution in [2.75, 3.05) is 30.8 Å². The molecule has 92 valence electrons. The highest BCUT2D eigenvalue weighted by molar-refractivity contribution is 5.67. The number of nitrogen functional groups attached to an aromatic ring is 1. The Kier molecular flexibility index (Phi) is 3.27. The van der Waals surface area contributed by atoms with Crippen molar-refractivity contribution in [3.05, 3.63) is 12.3 Å². The topological polar surface area (TPSA) is 93.4 Å². The quantitative estimate of drug-likeness (QED) is 0.751. The standard InChI is InChI=1S/C10H15N5O2/c1-17-10(16)13-7-3-5-15(6-7)8-2-4-12-9(11)14-8/h2,4,7H,3,5-6H2,1H3,(H,13,16)(H2,11,12,14). The van der Waals surface area contributed by atoms with E-state index in [2.05, 4.69) is 24.9 Å². The molecule has 7 heteroatoms. The molecule has 1 aromatic heterocycles. The van der Waals surface area contributed by atoms with Gasteiger partial charge in [0.15, 0.2) is 0 Å². The Labute approximate surface area is 99.0 Å². The number of rotatable bonds is 2. The van der Waals surface area contributed by atoms with Crippen LogP contribution >= 0.6 is 0 Å². The van der Waals surface area contributed by atoms with Crippen LogP contribution < -0.4 is 16.0 Å². The first kappa shape index (κ1) is 11.4. The lowest BCUT2D eigenvalue weighted by molar-refractivity contribution is 0.167. The van der Waals surface area contributed by atoms with Gasteiger partial charge in [0.05, 0.1) is 13.2 Å². The second kappa shape index (κ2) is 4.86. The van der Waals surface area contributed by atoms with Gasteiger partial charge in [-0.1, -0.05) is 0 Å². The first-order chi connectivity index (χ1) is 8.19. The molecule has 0 bridgehead atoms. The number of hydrogen-bond acceptors (Lipinski definition) is 6. The molecule has 1 amide bonds. The Morgan fingerprint density at radius 2 is 2.53 bits per heavy atom. The summed E-state index contributed by atoms with van der Waals surface area (Å²) in [4.78, 5) is 21.1. The molecule has 3 N–H and O–H groups in total. The summed E-state index contributed by atoms with van der Waals surface area (Å²) in [6, 6.07) is 1.88. The molecular weight excluding hydrogens is 222 g/mol. The van der Waals surface area contributed by atoms with Crippen molar-refractivity contribution in [2.24, 2.45) is 0 Å². The van der Waals surface area contributed by atoms with E-state index in [1.54, 1.807) is 12.3 Å². The number of nitrogens with one attached hydrogen (secondary N) is 1. The van der Waals surface area contributed by atoms with Gasteiger partial charge in [-0.3, -0.25) is 0 Å². The van der Waals surface area contributed by atoms with Crippen LogP contribution in [0.2, 0.25) is 0 Å². The van der Waals surface area contributed by atoms with E-state index in [1.807, 2.05) is 0 Å². The maximum atomic E-state index is 11.1. The molecular formula is C10H15N5O2. The number of ether oxygens (including phenoxy) is 1. The van der Waals surface area contributed by atoms with Crippen LogP contribution in [-0.4, -0.2) is 42.3 Å². The summed E-state index contributed by atoms with van der Waals surface area (Å²) in [6.45, 7) is 1.52. The minimum atomic E-state index is -0.404. The molecule has 1 unspecified atom stereocenters. The molecule has 0 saturated carbocycles. The summed E-state index contributed by atoms with van der Waals surface area (Å²) >= 11 is 0. The van der Waals surface area contributed by atoms with Crippen LogP contribution in [0.4, 0.5) is 16.6 Å². The van der Waals surface area contributed by atoms with Crippen molar-refractivity contribution in [2.45, 2.75) is 12.5 Å². The summed E-state index contributed by atoms with van der Waals surface area (Å²) in [5, 5.41) is 2.77. The van der Waals surface area contributed by atoms with Crippen LogP contribution in [0.25, 0.3) is 0 Å². The SMILES string of the molecule is COC(=O)NC1CCN(c2ccnc(N)n2)C1. The molecule has 1 aliphatic heterocycles. The largest absolute Gasteiger partial charge is 0.453 e. The molecule has 7 nitrogen and oxygen atoms in total. The van der Waals surface area contributed by atoms with Gasteiger partial charge in [0.2, 0.25) is 5.95 Å². The molecule has 0 aromatic carbocycles. The van der Waals surface area contributed by atoms with Crippen molar-refractivity contribution >= 4 is 17.9 Å². The van der Waals surface area contributed by atoms with Gasteiger partial charge in [-0.05, 0) is 12.5 Å².